The second kappa shape index (κ2) is 5.09. The van der Waals surface area contributed by atoms with Gasteiger partial charge in [0.25, 0.3) is 5.91 Å². The number of carbonyl (C=O) groups excluding carboxylic acids is 1. The van der Waals surface area contributed by atoms with Gasteiger partial charge in [-0.2, -0.15) is 0 Å². The number of para-hydroxylation sites is 1. The molecule has 0 saturated carbocycles. The summed E-state index contributed by atoms with van der Waals surface area (Å²) in [6.07, 6.45) is 1.76. The summed E-state index contributed by atoms with van der Waals surface area (Å²) < 4.78 is 14.2. The van der Waals surface area contributed by atoms with Crippen molar-refractivity contribution in [2.45, 2.75) is 0 Å². The van der Waals surface area contributed by atoms with E-state index in [0.717, 1.165) is 10.9 Å². The lowest BCUT2D eigenvalue weighted by atomic mass is 10.1. The van der Waals surface area contributed by atoms with Crippen LogP contribution in [0.1, 0.15) is 10.4 Å². The predicted octanol–water partition coefficient (Wildman–Crippen LogP) is 4.32. The first-order valence-electron chi connectivity index (χ1n) is 5.98. The van der Waals surface area contributed by atoms with Crippen LogP contribution < -0.4 is 5.32 Å². The minimum atomic E-state index is -0.478. The van der Waals surface area contributed by atoms with Gasteiger partial charge in [0.05, 0.1) is 5.69 Å². The number of hydrogen-bond acceptors (Lipinski definition) is 1. The van der Waals surface area contributed by atoms with Crippen molar-refractivity contribution in [3.05, 3.63) is 64.5 Å². The molecule has 2 N–H and O–H groups in total. The fraction of sp³-hybridized carbons (Fsp3) is 0. The number of anilines is 1. The molecule has 0 radical (unpaired) electrons. The minimum absolute atomic E-state index is 0.144. The van der Waals surface area contributed by atoms with Crippen LogP contribution in [-0.2, 0) is 0 Å². The third-order valence-electron chi connectivity index (χ3n) is 3.04. The molecular weight excluding hydrogens is 323 g/mol. The number of carbonyl (C=O) groups is 1. The van der Waals surface area contributed by atoms with E-state index in [2.05, 4.69) is 26.2 Å². The molecule has 3 nitrogen and oxygen atoms in total. The Labute approximate surface area is 122 Å². The standard InChI is InChI=1S/C15H10BrFN2O/c16-11-4-2-5-12(17)14(11)19-15(20)10-3-1-6-13-9(10)7-8-18-13/h1-8,18H,(H,19,20). The van der Waals surface area contributed by atoms with Crippen molar-refractivity contribution >= 4 is 38.4 Å². The Hall–Kier alpha value is -2.14. The van der Waals surface area contributed by atoms with Crippen LogP contribution in [0.15, 0.2) is 53.1 Å². The fourth-order valence-electron chi connectivity index (χ4n) is 2.08. The van der Waals surface area contributed by atoms with Crippen molar-refractivity contribution in [2.75, 3.05) is 5.32 Å². The highest BCUT2D eigenvalue weighted by Crippen LogP contribution is 2.26. The Bertz CT molecular complexity index is 777. The SMILES string of the molecule is O=C(Nc1c(F)cccc1Br)c1cccc2[nH]ccc12. The first kappa shape index (κ1) is 12.9. The second-order valence-electron chi connectivity index (χ2n) is 4.30. The van der Waals surface area contributed by atoms with Crippen LogP contribution in [0.25, 0.3) is 10.9 Å². The van der Waals surface area contributed by atoms with Gasteiger partial charge in [0, 0.05) is 27.1 Å². The third kappa shape index (κ3) is 2.20. The van der Waals surface area contributed by atoms with Crippen LogP contribution in [0.2, 0.25) is 0 Å². The van der Waals surface area contributed by atoms with Gasteiger partial charge in [0.15, 0.2) is 0 Å². The molecule has 2 aromatic carbocycles. The molecule has 3 aromatic rings. The Kier molecular flexibility index (Phi) is 3.28. The number of aromatic nitrogens is 1. The molecule has 100 valence electrons. The zero-order chi connectivity index (χ0) is 14.1. The summed E-state index contributed by atoms with van der Waals surface area (Å²) in [7, 11) is 0. The molecule has 1 heterocycles. The van der Waals surface area contributed by atoms with Crippen molar-refractivity contribution in [2.24, 2.45) is 0 Å². The number of halogens is 2. The predicted molar refractivity (Wildman–Crippen MR) is 80.4 cm³/mol. The fourth-order valence-corrected chi connectivity index (χ4v) is 2.52. The number of H-pyrrole nitrogens is 1. The third-order valence-corrected chi connectivity index (χ3v) is 3.70. The average molecular weight is 333 g/mol. The number of fused-ring (bicyclic) bond motifs is 1. The van der Waals surface area contributed by atoms with Gasteiger partial charge in [0.1, 0.15) is 5.82 Å². The van der Waals surface area contributed by atoms with E-state index >= 15 is 0 Å². The van der Waals surface area contributed by atoms with E-state index in [9.17, 15) is 9.18 Å². The Morgan fingerprint density at radius 2 is 1.95 bits per heavy atom. The van der Waals surface area contributed by atoms with Crippen LogP contribution in [-0.4, -0.2) is 10.9 Å². The lowest BCUT2D eigenvalue weighted by Crippen LogP contribution is -2.13. The van der Waals surface area contributed by atoms with Gasteiger partial charge in [0.2, 0.25) is 0 Å². The maximum Gasteiger partial charge on any atom is 0.256 e. The summed E-state index contributed by atoms with van der Waals surface area (Å²) in [5.41, 5.74) is 1.51. The van der Waals surface area contributed by atoms with Crippen molar-refractivity contribution in [1.29, 1.82) is 0 Å². The summed E-state index contributed by atoms with van der Waals surface area (Å²) >= 11 is 3.23. The quantitative estimate of drug-likeness (QED) is 0.721. The number of rotatable bonds is 2. The van der Waals surface area contributed by atoms with Crippen molar-refractivity contribution in [1.82, 2.24) is 4.98 Å². The first-order chi connectivity index (χ1) is 9.66. The smallest absolute Gasteiger partial charge is 0.256 e. The van der Waals surface area contributed by atoms with Crippen LogP contribution in [0, 0.1) is 5.82 Å². The second-order valence-corrected chi connectivity index (χ2v) is 5.15. The number of nitrogens with one attached hydrogen (secondary N) is 2. The van der Waals surface area contributed by atoms with Gasteiger partial charge in [-0.25, -0.2) is 4.39 Å². The van der Waals surface area contributed by atoms with Gasteiger partial charge in [-0.15, -0.1) is 0 Å². The first-order valence-corrected chi connectivity index (χ1v) is 6.77. The molecular formula is C15H10BrFN2O. The normalized spacial score (nSPS) is 10.7. The molecule has 5 heteroatoms. The summed E-state index contributed by atoms with van der Waals surface area (Å²) in [6.45, 7) is 0. The summed E-state index contributed by atoms with van der Waals surface area (Å²) in [6, 6.07) is 11.7. The van der Waals surface area contributed by atoms with Crippen molar-refractivity contribution in [3.8, 4) is 0 Å². The van der Waals surface area contributed by atoms with E-state index in [4.69, 9.17) is 0 Å². The van der Waals surface area contributed by atoms with E-state index in [1.54, 1.807) is 30.5 Å². The monoisotopic (exact) mass is 332 g/mol. The summed E-state index contributed by atoms with van der Waals surface area (Å²) in [5.74, 6) is -0.824. The van der Waals surface area contributed by atoms with E-state index in [-0.39, 0.29) is 11.6 Å². The molecule has 0 spiro atoms. The molecule has 0 aliphatic carbocycles. The lowest BCUT2D eigenvalue weighted by Gasteiger charge is -2.09. The van der Waals surface area contributed by atoms with Crippen molar-refractivity contribution < 1.29 is 9.18 Å². The average Bonchev–Trinajstić information content (AvgIpc) is 2.91. The molecule has 1 aromatic heterocycles. The Balaban J connectivity index is 2.00. The minimum Gasteiger partial charge on any atom is -0.361 e. The van der Waals surface area contributed by atoms with Gasteiger partial charge in [-0.3, -0.25) is 4.79 Å². The van der Waals surface area contributed by atoms with E-state index in [0.29, 0.717) is 10.0 Å². The Morgan fingerprint density at radius 1 is 1.15 bits per heavy atom. The van der Waals surface area contributed by atoms with Gasteiger partial charge in [-0.1, -0.05) is 12.1 Å². The van der Waals surface area contributed by atoms with Crippen LogP contribution in [0.3, 0.4) is 0 Å². The molecule has 0 aliphatic heterocycles. The number of aromatic amines is 1. The summed E-state index contributed by atoms with van der Waals surface area (Å²) in [5, 5.41) is 3.41. The van der Waals surface area contributed by atoms with Crippen molar-refractivity contribution in [3.63, 3.8) is 0 Å². The largest absolute Gasteiger partial charge is 0.361 e. The number of benzene rings is 2. The molecule has 3 rings (SSSR count). The van der Waals surface area contributed by atoms with E-state index in [1.165, 1.54) is 6.07 Å². The molecule has 0 saturated heterocycles. The van der Waals surface area contributed by atoms with Gasteiger partial charge in [-0.05, 0) is 46.3 Å². The molecule has 0 bridgehead atoms. The lowest BCUT2D eigenvalue weighted by molar-refractivity contribution is 0.102. The highest BCUT2D eigenvalue weighted by molar-refractivity contribution is 9.10. The van der Waals surface area contributed by atoms with Crippen LogP contribution in [0.5, 0.6) is 0 Å². The van der Waals surface area contributed by atoms with Gasteiger partial charge < -0.3 is 10.3 Å². The topological polar surface area (TPSA) is 44.9 Å². The molecule has 20 heavy (non-hydrogen) atoms. The van der Waals surface area contributed by atoms with Crippen LogP contribution in [0.4, 0.5) is 10.1 Å². The van der Waals surface area contributed by atoms with Gasteiger partial charge >= 0.3 is 0 Å². The highest BCUT2D eigenvalue weighted by Gasteiger charge is 2.14. The summed E-state index contributed by atoms with van der Waals surface area (Å²) in [4.78, 5) is 15.4. The highest BCUT2D eigenvalue weighted by atomic mass is 79.9. The maximum absolute atomic E-state index is 13.7. The molecule has 0 atom stereocenters. The molecule has 1 amide bonds. The van der Waals surface area contributed by atoms with E-state index in [1.807, 2.05) is 12.1 Å². The Morgan fingerprint density at radius 3 is 2.75 bits per heavy atom. The number of hydrogen-bond donors (Lipinski definition) is 2. The number of amides is 1. The molecule has 0 unspecified atom stereocenters. The van der Waals surface area contributed by atoms with Crippen LogP contribution >= 0.6 is 15.9 Å². The zero-order valence-electron chi connectivity index (χ0n) is 10.3. The molecule has 0 aliphatic rings. The van der Waals surface area contributed by atoms with E-state index < -0.39 is 5.82 Å². The maximum atomic E-state index is 13.7. The zero-order valence-corrected chi connectivity index (χ0v) is 11.9. The molecule has 0 fully saturated rings.